The lowest BCUT2D eigenvalue weighted by molar-refractivity contribution is 0.0175. The van der Waals surface area contributed by atoms with Crippen molar-refractivity contribution in [3.63, 3.8) is 0 Å². The predicted octanol–water partition coefficient (Wildman–Crippen LogP) is 4.13. The molecule has 7 nitrogen and oxygen atoms in total. The van der Waals surface area contributed by atoms with Crippen molar-refractivity contribution in [2.24, 2.45) is 5.11 Å². The van der Waals surface area contributed by atoms with E-state index in [-0.39, 0.29) is 29.7 Å². The minimum Gasteiger partial charge on any atom is -0.457 e. The van der Waals surface area contributed by atoms with Gasteiger partial charge in [-0.2, -0.15) is 10.1 Å². The highest BCUT2D eigenvalue weighted by molar-refractivity contribution is 5.49. The maximum Gasteiger partial charge on any atom is 0.318 e. The van der Waals surface area contributed by atoms with Crippen molar-refractivity contribution in [3.05, 3.63) is 53.7 Å². The smallest absolute Gasteiger partial charge is 0.318 e. The van der Waals surface area contributed by atoms with Crippen molar-refractivity contribution in [3.8, 4) is 6.01 Å². The van der Waals surface area contributed by atoms with E-state index in [0.29, 0.717) is 5.69 Å². The highest BCUT2D eigenvalue weighted by Crippen LogP contribution is 2.28. The molecule has 2 aromatic rings. The fourth-order valence-corrected chi connectivity index (χ4v) is 1.89. The van der Waals surface area contributed by atoms with Gasteiger partial charge in [0.05, 0.1) is 6.20 Å². The predicted molar refractivity (Wildman–Crippen MR) is 89.9 cm³/mol. The zero-order valence-corrected chi connectivity index (χ0v) is 14.1. The van der Waals surface area contributed by atoms with Gasteiger partial charge in [-0.15, -0.1) is 0 Å². The minimum absolute atomic E-state index is 0.0289. The summed E-state index contributed by atoms with van der Waals surface area (Å²) in [6, 6.07) is 5.59. The van der Waals surface area contributed by atoms with E-state index in [0.717, 1.165) is 13.1 Å². The second-order valence-electron chi connectivity index (χ2n) is 5.25. The Balaban J connectivity index is 2.03. The highest BCUT2D eigenvalue weighted by atomic mass is 19.3. The summed E-state index contributed by atoms with van der Waals surface area (Å²) in [6.45, 7) is 0.636. The van der Waals surface area contributed by atoms with E-state index in [4.69, 9.17) is 10.3 Å². The number of ether oxygens (including phenoxy) is 1. The SMILES string of the molecule is CNc1nc(OC/C(=C/Nc2cccc(C(C)(F)F)c2)N=N)ncc1F. The summed E-state index contributed by atoms with van der Waals surface area (Å²) < 4.78 is 45.2. The average molecular weight is 366 g/mol. The van der Waals surface area contributed by atoms with Crippen LogP contribution in [-0.4, -0.2) is 23.6 Å². The molecule has 26 heavy (non-hydrogen) atoms. The van der Waals surface area contributed by atoms with Crippen molar-refractivity contribution in [1.82, 2.24) is 9.97 Å². The normalized spacial score (nSPS) is 11.8. The third-order valence-corrected chi connectivity index (χ3v) is 3.23. The Labute approximate surface area is 147 Å². The van der Waals surface area contributed by atoms with Gasteiger partial charge in [0.15, 0.2) is 11.6 Å². The van der Waals surface area contributed by atoms with Crippen LogP contribution in [0.4, 0.5) is 24.7 Å². The van der Waals surface area contributed by atoms with Gasteiger partial charge in [0, 0.05) is 31.4 Å². The number of aromatic nitrogens is 2. The zero-order chi connectivity index (χ0) is 19.2. The Kier molecular flexibility index (Phi) is 6.10. The van der Waals surface area contributed by atoms with E-state index in [1.807, 2.05) is 0 Å². The quantitative estimate of drug-likeness (QED) is 0.611. The molecule has 2 rings (SSSR count). The van der Waals surface area contributed by atoms with E-state index in [1.54, 1.807) is 6.07 Å². The lowest BCUT2D eigenvalue weighted by Gasteiger charge is -2.12. The van der Waals surface area contributed by atoms with Gasteiger partial charge >= 0.3 is 6.01 Å². The topological polar surface area (TPSA) is 95.3 Å². The molecule has 0 spiro atoms. The van der Waals surface area contributed by atoms with E-state index < -0.39 is 11.7 Å². The Bertz CT molecular complexity index is 807. The Morgan fingerprint density at radius 2 is 2.19 bits per heavy atom. The molecule has 0 saturated carbocycles. The maximum atomic E-state index is 13.3. The van der Waals surface area contributed by atoms with Crippen molar-refractivity contribution >= 4 is 11.5 Å². The van der Waals surface area contributed by atoms with Crippen LogP contribution < -0.4 is 15.4 Å². The number of anilines is 2. The molecule has 0 bridgehead atoms. The number of nitrogens with zero attached hydrogens (tertiary/aromatic N) is 3. The van der Waals surface area contributed by atoms with Gasteiger partial charge in [0.25, 0.3) is 5.92 Å². The number of benzene rings is 1. The van der Waals surface area contributed by atoms with Gasteiger partial charge in [-0.25, -0.2) is 23.7 Å². The average Bonchev–Trinajstić information content (AvgIpc) is 2.62. The zero-order valence-electron chi connectivity index (χ0n) is 14.1. The van der Waals surface area contributed by atoms with Crippen LogP contribution in [0.1, 0.15) is 12.5 Å². The molecule has 1 aromatic heterocycles. The molecule has 0 atom stereocenters. The minimum atomic E-state index is -2.96. The first-order valence-corrected chi connectivity index (χ1v) is 7.48. The van der Waals surface area contributed by atoms with Crippen molar-refractivity contribution < 1.29 is 17.9 Å². The number of halogens is 3. The van der Waals surface area contributed by atoms with Crippen LogP contribution >= 0.6 is 0 Å². The molecule has 10 heteroatoms. The Hall–Kier alpha value is -3.17. The molecule has 0 aliphatic carbocycles. The number of rotatable bonds is 8. The molecule has 0 fully saturated rings. The molecule has 138 valence electrons. The molecule has 3 N–H and O–H groups in total. The van der Waals surface area contributed by atoms with Crippen LogP contribution in [0.15, 0.2) is 47.5 Å². The second-order valence-corrected chi connectivity index (χ2v) is 5.25. The third kappa shape index (κ3) is 5.16. The fraction of sp³-hybridized carbons (Fsp3) is 0.250. The van der Waals surface area contributed by atoms with E-state index in [9.17, 15) is 13.2 Å². The van der Waals surface area contributed by atoms with Crippen LogP contribution in [0.2, 0.25) is 0 Å². The van der Waals surface area contributed by atoms with Gasteiger partial charge in [-0.05, 0) is 12.1 Å². The van der Waals surface area contributed by atoms with E-state index in [1.165, 1.54) is 31.4 Å². The standard InChI is InChI=1S/C16H17F3N6O/c1-16(18,19)10-4-3-5-11(6-10)22-7-12(25-20)9-26-15-23-8-13(17)14(21-2)24-15/h3-8,20,22H,9H2,1-2H3,(H,21,23,24)/b12-7-,25-20?. The highest BCUT2D eigenvalue weighted by Gasteiger charge is 2.24. The van der Waals surface area contributed by atoms with Crippen molar-refractivity contribution in [2.75, 3.05) is 24.3 Å². The van der Waals surface area contributed by atoms with Gasteiger partial charge in [0.1, 0.15) is 12.3 Å². The van der Waals surface area contributed by atoms with Gasteiger partial charge in [0.2, 0.25) is 0 Å². The lowest BCUT2D eigenvalue weighted by atomic mass is 10.1. The van der Waals surface area contributed by atoms with Crippen LogP contribution in [0.3, 0.4) is 0 Å². The monoisotopic (exact) mass is 366 g/mol. The largest absolute Gasteiger partial charge is 0.457 e. The number of nitrogens with one attached hydrogen (secondary N) is 3. The molecule has 0 unspecified atom stereocenters. The Morgan fingerprint density at radius 1 is 1.42 bits per heavy atom. The van der Waals surface area contributed by atoms with Crippen molar-refractivity contribution in [2.45, 2.75) is 12.8 Å². The maximum absolute atomic E-state index is 13.3. The molecule has 0 radical (unpaired) electrons. The molecular formula is C16H17F3N6O. The number of hydrogen-bond acceptors (Lipinski definition) is 7. The van der Waals surface area contributed by atoms with Gasteiger partial charge in [-0.1, -0.05) is 12.1 Å². The molecule has 0 aliphatic heterocycles. The first-order valence-electron chi connectivity index (χ1n) is 7.48. The Morgan fingerprint density at radius 3 is 2.85 bits per heavy atom. The summed E-state index contributed by atoms with van der Waals surface area (Å²) in [4.78, 5) is 7.47. The summed E-state index contributed by atoms with van der Waals surface area (Å²) in [5.41, 5.74) is 7.56. The summed E-state index contributed by atoms with van der Waals surface area (Å²) in [7, 11) is 1.50. The van der Waals surface area contributed by atoms with Gasteiger partial charge in [-0.3, -0.25) is 0 Å². The van der Waals surface area contributed by atoms with E-state index in [2.05, 4.69) is 25.7 Å². The number of hydrogen-bond donors (Lipinski definition) is 3. The lowest BCUT2D eigenvalue weighted by Crippen LogP contribution is -2.08. The second kappa shape index (κ2) is 8.28. The fourth-order valence-electron chi connectivity index (χ4n) is 1.89. The van der Waals surface area contributed by atoms with Crippen LogP contribution in [0, 0.1) is 11.3 Å². The summed E-state index contributed by atoms with van der Waals surface area (Å²) >= 11 is 0. The van der Waals surface area contributed by atoms with Crippen LogP contribution in [-0.2, 0) is 5.92 Å². The summed E-state index contributed by atoms with van der Waals surface area (Å²) in [6.07, 6.45) is 2.28. The summed E-state index contributed by atoms with van der Waals surface area (Å²) in [5, 5.41) is 8.60. The molecular weight excluding hydrogens is 349 g/mol. The molecule has 0 amide bonds. The van der Waals surface area contributed by atoms with E-state index >= 15 is 0 Å². The van der Waals surface area contributed by atoms with Gasteiger partial charge < -0.3 is 15.4 Å². The molecule has 0 saturated heterocycles. The molecule has 1 heterocycles. The first kappa shape index (κ1) is 19.2. The number of alkyl halides is 2. The summed E-state index contributed by atoms with van der Waals surface area (Å²) in [5.74, 6) is -3.62. The van der Waals surface area contributed by atoms with Crippen molar-refractivity contribution in [1.29, 1.82) is 5.53 Å². The molecule has 0 aliphatic rings. The van der Waals surface area contributed by atoms with Crippen LogP contribution in [0.25, 0.3) is 0 Å². The van der Waals surface area contributed by atoms with Crippen LogP contribution in [0.5, 0.6) is 6.01 Å². The third-order valence-electron chi connectivity index (χ3n) is 3.23. The first-order chi connectivity index (χ1) is 12.3. The molecule has 1 aromatic carbocycles.